The smallest absolute Gasteiger partial charge is 0.227 e. The van der Waals surface area contributed by atoms with Crippen LogP contribution in [0.25, 0.3) is 140 Å². The number of nitrogens with zero attached hydrogens (tertiary/aromatic N) is 6. The fourth-order valence-electron chi connectivity index (χ4n) is 9.77. The maximum Gasteiger partial charge on any atom is 0.227 e. The maximum absolute atomic E-state index is 6.08. The molecule has 0 N–H and O–H groups in total. The molecular weight excluding hydrogens is 873 g/mol. The second kappa shape index (κ2) is 16.5. The summed E-state index contributed by atoms with van der Waals surface area (Å²) in [5.74, 6) is 2.77. The summed E-state index contributed by atoms with van der Waals surface area (Å²) >= 11 is 0. The number of benzene rings is 10. The molecule has 10 aromatic carbocycles. The Morgan fingerprint density at radius 3 is 1.31 bits per heavy atom. The Hall–Kier alpha value is -9.79. The summed E-state index contributed by atoms with van der Waals surface area (Å²) in [4.78, 5) is 24.6. The third-order valence-corrected chi connectivity index (χ3v) is 13.4. The molecule has 4 aromatic heterocycles. The molecule has 0 atom stereocenters. The summed E-state index contributed by atoms with van der Waals surface area (Å²) in [5.41, 5.74) is 15.5. The third kappa shape index (κ3) is 7.13. The second-order valence-corrected chi connectivity index (χ2v) is 17.7. The molecule has 0 spiro atoms. The zero-order valence-corrected chi connectivity index (χ0v) is 37.9. The van der Waals surface area contributed by atoms with Crippen molar-refractivity contribution in [1.29, 1.82) is 0 Å². The van der Waals surface area contributed by atoms with Gasteiger partial charge in [0.2, 0.25) is 11.8 Å². The van der Waals surface area contributed by atoms with E-state index in [0.717, 1.165) is 66.8 Å². The van der Waals surface area contributed by atoms with Crippen LogP contribution in [0.1, 0.15) is 0 Å². The lowest BCUT2D eigenvalue weighted by molar-refractivity contribution is 0.619. The van der Waals surface area contributed by atoms with Gasteiger partial charge in [0.05, 0.1) is 11.0 Å². The van der Waals surface area contributed by atoms with E-state index in [9.17, 15) is 0 Å². The highest BCUT2D eigenvalue weighted by atomic mass is 16.4. The van der Waals surface area contributed by atoms with Crippen LogP contribution in [0.15, 0.2) is 239 Å². The van der Waals surface area contributed by atoms with E-state index < -0.39 is 0 Å². The van der Waals surface area contributed by atoms with Crippen molar-refractivity contribution in [3.05, 3.63) is 231 Å². The van der Waals surface area contributed by atoms with Gasteiger partial charge < -0.3 is 13.4 Å². The standard InChI is InChI=1S/C63H38N6O2/c1-2-10-39(11-3-1)40-32-35-49(36-33-40)69-54-15-7-4-12-50(54)58-51-38-48(31-20-42(51)34-37-55(58)69)41-18-21-43(22-19-41)59-66-60(44-23-27-46(28-24-44)62-64-52-13-5-8-16-56(52)70-62)68-61(67-59)45-25-29-47(30-26-45)63-65-53-14-6-9-17-57(53)71-63/h1-38H. The van der Waals surface area contributed by atoms with Gasteiger partial charge in [0.15, 0.2) is 28.6 Å². The lowest BCUT2D eigenvalue weighted by Gasteiger charge is -2.11. The number of rotatable bonds is 8. The molecule has 0 aliphatic heterocycles. The van der Waals surface area contributed by atoms with Crippen molar-refractivity contribution in [2.75, 3.05) is 0 Å². The first kappa shape index (κ1) is 40.3. The Kier molecular flexibility index (Phi) is 9.35. The van der Waals surface area contributed by atoms with E-state index >= 15 is 0 Å². The largest absolute Gasteiger partial charge is 0.436 e. The highest BCUT2D eigenvalue weighted by Gasteiger charge is 2.18. The first-order valence-electron chi connectivity index (χ1n) is 23.6. The van der Waals surface area contributed by atoms with E-state index in [2.05, 4.69) is 138 Å². The first-order chi connectivity index (χ1) is 35.1. The molecule has 0 amide bonds. The van der Waals surface area contributed by atoms with Gasteiger partial charge >= 0.3 is 0 Å². The first-order valence-corrected chi connectivity index (χ1v) is 23.6. The lowest BCUT2D eigenvalue weighted by Crippen LogP contribution is -2.00. The minimum atomic E-state index is 0.547. The predicted octanol–water partition coefficient (Wildman–Crippen LogP) is 16.1. The molecule has 0 aliphatic rings. The third-order valence-electron chi connectivity index (χ3n) is 13.4. The van der Waals surface area contributed by atoms with Crippen LogP contribution >= 0.6 is 0 Å². The Morgan fingerprint density at radius 1 is 0.296 bits per heavy atom. The Morgan fingerprint density at radius 2 is 0.732 bits per heavy atom. The van der Waals surface area contributed by atoms with Gasteiger partial charge in [-0.2, -0.15) is 0 Å². The minimum absolute atomic E-state index is 0.547. The van der Waals surface area contributed by atoms with Crippen molar-refractivity contribution in [3.8, 4) is 85.0 Å². The molecule has 332 valence electrons. The summed E-state index contributed by atoms with van der Waals surface area (Å²) in [6.45, 7) is 0. The van der Waals surface area contributed by atoms with Crippen molar-refractivity contribution in [2.45, 2.75) is 0 Å². The molecular formula is C63H38N6O2. The number of hydrogen-bond donors (Lipinski definition) is 0. The van der Waals surface area contributed by atoms with Crippen molar-refractivity contribution in [3.63, 3.8) is 0 Å². The monoisotopic (exact) mass is 910 g/mol. The van der Waals surface area contributed by atoms with E-state index in [0.29, 0.717) is 29.3 Å². The number of hydrogen-bond acceptors (Lipinski definition) is 7. The normalized spacial score (nSPS) is 11.7. The van der Waals surface area contributed by atoms with Crippen LogP contribution in [-0.4, -0.2) is 29.5 Å². The van der Waals surface area contributed by atoms with Gasteiger partial charge in [0.25, 0.3) is 0 Å². The molecule has 14 aromatic rings. The maximum atomic E-state index is 6.08. The van der Waals surface area contributed by atoms with Crippen molar-refractivity contribution >= 4 is 54.8 Å². The fraction of sp³-hybridized carbons (Fsp3) is 0. The second-order valence-electron chi connectivity index (χ2n) is 17.7. The lowest BCUT2D eigenvalue weighted by atomic mass is 9.97. The van der Waals surface area contributed by atoms with Crippen LogP contribution < -0.4 is 0 Å². The van der Waals surface area contributed by atoms with Gasteiger partial charge in [-0.05, 0) is 112 Å². The van der Waals surface area contributed by atoms with Crippen molar-refractivity contribution in [2.24, 2.45) is 0 Å². The van der Waals surface area contributed by atoms with Gasteiger partial charge in [-0.15, -0.1) is 0 Å². The van der Waals surface area contributed by atoms with E-state index in [-0.39, 0.29) is 0 Å². The van der Waals surface area contributed by atoms with Gasteiger partial charge in [-0.1, -0.05) is 152 Å². The van der Waals surface area contributed by atoms with Gasteiger partial charge in [0, 0.05) is 44.3 Å². The molecule has 0 fully saturated rings. The fourth-order valence-corrected chi connectivity index (χ4v) is 9.77. The van der Waals surface area contributed by atoms with Crippen molar-refractivity contribution < 1.29 is 8.83 Å². The summed E-state index contributed by atoms with van der Waals surface area (Å²) < 4.78 is 14.5. The van der Waals surface area contributed by atoms with Crippen LogP contribution in [0.4, 0.5) is 0 Å². The predicted molar refractivity (Wildman–Crippen MR) is 285 cm³/mol. The van der Waals surface area contributed by atoms with Crippen LogP contribution in [-0.2, 0) is 0 Å². The minimum Gasteiger partial charge on any atom is -0.436 e. The molecule has 0 saturated heterocycles. The van der Waals surface area contributed by atoms with Crippen LogP contribution in [0.5, 0.6) is 0 Å². The van der Waals surface area contributed by atoms with E-state index in [4.69, 9.17) is 33.8 Å². The molecule has 0 saturated carbocycles. The van der Waals surface area contributed by atoms with Crippen LogP contribution in [0, 0.1) is 0 Å². The molecule has 0 aliphatic carbocycles. The molecule has 8 nitrogen and oxygen atoms in total. The topological polar surface area (TPSA) is 95.7 Å². The van der Waals surface area contributed by atoms with E-state index in [1.165, 1.54) is 43.7 Å². The molecule has 4 heterocycles. The zero-order valence-electron chi connectivity index (χ0n) is 37.9. The van der Waals surface area contributed by atoms with Crippen LogP contribution in [0.2, 0.25) is 0 Å². The number of fused-ring (bicyclic) bond motifs is 7. The number of aromatic nitrogens is 6. The average Bonchev–Trinajstić information content (AvgIpc) is 4.18. The summed E-state index contributed by atoms with van der Waals surface area (Å²) in [6, 6.07) is 79.4. The van der Waals surface area contributed by atoms with Crippen molar-refractivity contribution in [1.82, 2.24) is 29.5 Å². The van der Waals surface area contributed by atoms with Gasteiger partial charge in [-0.3, -0.25) is 0 Å². The highest BCUT2D eigenvalue weighted by molar-refractivity contribution is 6.21. The van der Waals surface area contributed by atoms with E-state index in [1.54, 1.807) is 0 Å². The van der Waals surface area contributed by atoms with Gasteiger partial charge in [0.1, 0.15) is 11.0 Å². The number of oxazole rings is 2. The van der Waals surface area contributed by atoms with E-state index in [1.807, 2.05) is 97.1 Å². The Bertz CT molecular complexity index is 4110. The average molecular weight is 911 g/mol. The number of para-hydroxylation sites is 5. The molecule has 0 unspecified atom stereocenters. The molecule has 8 heteroatoms. The molecule has 0 radical (unpaired) electrons. The quantitative estimate of drug-likeness (QED) is 0.150. The highest BCUT2D eigenvalue weighted by Crippen LogP contribution is 2.39. The Labute approximate surface area is 406 Å². The summed E-state index contributed by atoms with van der Waals surface area (Å²) in [6.07, 6.45) is 0. The Balaban J connectivity index is 0.829. The zero-order chi connectivity index (χ0) is 46.8. The summed E-state index contributed by atoms with van der Waals surface area (Å²) in [5, 5.41) is 4.85. The van der Waals surface area contributed by atoms with Crippen LogP contribution in [0.3, 0.4) is 0 Å². The molecule has 0 bridgehead atoms. The van der Waals surface area contributed by atoms with Gasteiger partial charge in [-0.25, -0.2) is 24.9 Å². The summed E-state index contributed by atoms with van der Waals surface area (Å²) in [7, 11) is 0. The molecule has 14 rings (SSSR count). The molecule has 71 heavy (non-hydrogen) atoms. The SMILES string of the molecule is c1ccc(-c2ccc(-n3c4ccccc4c4c5cc(-c6ccc(-c7nc(-c8ccc(-c9nc%10ccccc%10o9)cc8)nc(-c8ccc(-c9nc%10ccccc%10o9)cc8)n7)cc6)ccc5ccc43)cc2)cc1.